The van der Waals surface area contributed by atoms with E-state index in [2.05, 4.69) is 0 Å². The van der Waals surface area contributed by atoms with Gasteiger partial charge in [0.25, 0.3) is 0 Å². The molecule has 0 aliphatic carbocycles. The van der Waals surface area contributed by atoms with Crippen LogP contribution in [0.4, 0.5) is 8.78 Å². The molecule has 5 nitrogen and oxygen atoms in total. The Morgan fingerprint density at radius 2 is 1.55 bits per heavy atom. The molecule has 0 aliphatic rings. The van der Waals surface area contributed by atoms with Gasteiger partial charge in [-0.25, -0.2) is 13.1 Å². The zero-order valence-corrected chi connectivity index (χ0v) is 17.6. The number of nitrogens with zero attached hydrogens (tertiary/aromatic N) is 2. The molecule has 2 unspecified atom stereocenters. The van der Waals surface area contributed by atoms with Crippen LogP contribution in [-0.4, -0.2) is 34.9 Å². The van der Waals surface area contributed by atoms with E-state index in [1.807, 2.05) is 30.3 Å². The first-order chi connectivity index (χ1) is 14.7. The molecule has 31 heavy (non-hydrogen) atoms. The minimum Gasteiger partial charge on any atom is -0.760 e. The Balaban J connectivity index is 1.69. The molecule has 2 atom stereocenters. The van der Waals surface area contributed by atoms with Gasteiger partial charge in [-0.1, -0.05) is 30.3 Å². The Kier molecular flexibility index (Phi) is 5.90. The number of hydrogen-bond acceptors (Lipinski definition) is 3. The highest BCUT2D eigenvalue weighted by Crippen LogP contribution is 2.31. The number of hydrogen-bond donors (Lipinski definition) is 1. The lowest BCUT2D eigenvalue weighted by atomic mass is 10.1. The second-order valence-corrected chi connectivity index (χ2v) is 8.86. The maximum Gasteiger partial charge on any atom is 0.123 e. The zero-order chi connectivity index (χ0) is 22.2. The summed E-state index contributed by atoms with van der Waals surface area (Å²) in [5.74, 6) is -0.892. The van der Waals surface area contributed by atoms with Crippen molar-refractivity contribution in [2.45, 2.75) is 25.6 Å². The largest absolute Gasteiger partial charge is 0.760 e. The van der Waals surface area contributed by atoms with Crippen LogP contribution < -0.4 is 0 Å². The highest BCUT2D eigenvalue weighted by atomic mass is 32.2. The number of fused-ring (bicyclic) bond motifs is 3. The molecular formula is C23H21F2N2O3S-. The molecule has 8 heteroatoms. The van der Waals surface area contributed by atoms with E-state index in [9.17, 15) is 22.6 Å². The number of aromatic nitrogens is 1. The number of benzene rings is 3. The van der Waals surface area contributed by atoms with Crippen LogP contribution in [0.1, 0.15) is 12.5 Å². The first kappa shape index (κ1) is 21.6. The van der Waals surface area contributed by atoms with E-state index < -0.39 is 28.5 Å². The molecule has 0 saturated heterocycles. The van der Waals surface area contributed by atoms with Gasteiger partial charge in [0.1, 0.15) is 11.6 Å². The predicted octanol–water partition coefficient (Wildman–Crippen LogP) is 4.12. The third-order valence-corrected chi connectivity index (χ3v) is 5.90. The smallest absolute Gasteiger partial charge is 0.123 e. The summed E-state index contributed by atoms with van der Waals surface area (Å²) in [4.78, 5) is 0. The summed E-state index contributed by atoms with van der Waals surface area (Å²) in [6.07, 6.45) is 0. The van der Waals surface area contributed by atoms with Gasteiger partial charge in [-0.05, 0) is 48.9 Å². The van der Waals surface area contributed by atoms with Crippen LogP contribution in [0.3, 0.4) is 0 Å². The monoisotopic (exact) mass is 443 g/mol. The van der Waals surface area contributed by atoms with Crippen molar-refractivity contribution in [2.75, 3.05) is 6.54 Å². The van der Waals surface area contributed by atoms with Crippen LogP contribution in [0.5, 0.6) is 0 Å². The van der Waals surface area contributed by atoms with Crippen LogP contribution in [-0.2, 0) is 24.4 Å². The van der Waals surface area contributed by atoms with Gasteiger partial charge in [-0.15, -0.1) is 0 Å². The van der Waals surface area contributed by atoms with E-state index in [0.29, 0.717) is 21.8 Å². The molecule has 4 aromatic rings. The summed E-state index contributed by atoms with van der Waals surface area (Å²) in [6.45, 7) is 1.55. The molecule has 1 N–H and O–H groups in total. The van der Waals surface area contributed by atoms with Crippen molar-refractivity contribution in [1.82, 2.24) is 8.87 Å². The van der Waals surface area contributed by atoms with E-state index in [4.69, 9.17) is 0 Å². The standard InChI is InChI=1S/C23H22F2N2O3S/c1-23(28,14-26(31(29)30)13-16-5-3-2-4-6-16)15-27-21-9-7-17(24)11-19(21)20-12-18(25)8-10-22(20)27/h2-12,28H,13-15H2,1H3,(H,29,30)/p-1. The van der Waals surface area contributed by atoms with Gasteiger partial charge in [-0.3, -0.25) is 4.21 Å². The maximum atomic E-state index is 13.9. The van der Waals surface area contributed by atoms with Crippen LogP contribution in [0.15, 0.2) is 66.7 Å². The normalized spacial score (nSPS) is 14.9. The average Bonchev–Trinajstić information content (AvgIpc) is 2.99. The summed E-state index contributed by atoms with van der Waals surface area (Å²) in [5.41, 5.74) is 0.599. The third-order valence-electron chi connectivity index (χ3n) is 5.22. The first-order valence-corrected chi connectivity index (χ1v) is 10.7. The highest BCUT2D eigenvalue weighted by Gasteiger charge is 2.27. The average molecular weight is 443 g/mol. The Bertz CT molecular complexity index is 1200. The number of halogens is 2. The van der Waals surface area contributed by atoms with E-state index in [1.54, 1.807) is 23.6 Å². The van der Waals surface area contributed by atoms with Crippen molar-refractivity contribution in [3.05, 3.63) is 83.9 Å². The highest BCUT2D eigenvalue weighted by molar-refractivity contribution is 7.76. The maximum absolute atomic E-state index is 13.9. The minimum atomic E-state index is -2.54. The van der Waals surface area contributed by atoms with Crippen molar-refractivity contribution in [3.8, 4) is 0 Å². The SMILES string of the molecule is CC(O)(CN(Cc1ccccc1)S(=O)[O-])Cn1c2ccc(F)cc2c2cc(F)ccc21. The lowest BCUT2D eigenvalue weighted by Crippen LogP contribution is -2.44. The second-order valence-electron chi connectivity index (χ2n) is 7.91. The van der Waals surface area contributed by atoms with Crippen LogP contribution in [0.25, 0.3) is 21.8 Å². The Morgan fingerprint density at radius 3 is 2.06 bits per heavy atom. The molecule has 0 spiro atoms. The molecule has 3 aromatic carbocycles. The minimum absolute atomic E-state index is 0.0345. The van der Waals surface area contributed by atoms with Gasteiger partial charge < -0.3 is 14.2 Å². The van der Waals surface area contributed by atoms with E-state index in [0.717, 1.165) is 9.87 Å². The third kappa shape index (κ3) is 4.67. The molecule has 0 amide bonds. The summed E-state index contributed by atoms with van der Waals surface area (Å²) in [6, 6.07) is 17.5. The van der Waals surface area contributed by atoms with Crippen LogP contribution in [0.2, 0.25) is 0 Å². The van der Waals surface area contributed by atoms with Gasteiger partial charge in [0, 0.05) is 46.2 Å². The molecule has 0 fully saturated rings. The summed E-state index contributed by atoms with van der Waals surface area (Å²) < 4.78 is 54.2. The van der Waals surface area contributed by atoms with Crippen molar-refractivity contribution in [3.63, 3.8) is 0 Å². The van der Waals surface area contributed by atoms with Crippen molar-refractivity contribution in [2.24, 2.45) is 0 Å². The van der Waals surface area contributed by atoms with E-state index in [1.165, 1.54) is 24.3 Å². The predicted molar refractivity (Wildman–Crippen MR) is 116 cm³/mol. The zero-order valence-electron chi connectivity index (χ0n) is 16.8. The lowest BCUT2D eigenvalue weighted by molar-refractivity contribution is 0.0244. The quantitative estimate of drug-likeness (QED) is 0.437. The fraction of sp³-hybridized carbons (Fsp3) is 0.217. The second kappa shape index (κ2) is 8.47. The molecule has 0 saturated carbocycles. The Hall–Kier alpha value is -2.65. The van der Waals surface area contributed by atoms with Crippen molar-refractivity contribution >= 4 is 33.1 Å². The van der Waals surface area contributed by atoms with E-state index in [-0.39, 0.29) is 19.6 Å². The van der Waals surface area contributed by atoms with Crippen molar-refractivity contribution in [1.29, 1.82) is 0 Å². The van der Waals surface area contributed by atoms with E-state index >= 15 is 0 Å². The van der Waals surface area contributed by atoms with Crippen molar-refractivity contribution < 1.29 is 22.6 Å². The first-order valence-electron chi connectivity index (χ1n) is 9.71. The fourth-order valence-electron chi connectivity index (χ4n) is 3.94. The molecule has 0 aliphatic heterocycles. The summed E-state index contributed by atoms with van der Waals surface area (Å²) >= 11 is -2.54. The van der Waals surface area contributed by atoms with Crippen LogP contribution in [0, 0.1) is 11.6 Å². The molecule has 1 heterocycles. The fourth-order valence-corrected chi connectivity index (χ4v) is 4.58. The number of aliphatic hydroxyl groups is 1. The Morgan fingerprint density at radius 1 is 1.00 bits per heavy atom. The lowest BCUT2D eigenvalue weighted by Gasteiger charge is -2.33. The van der Waals surface area contributed by atoms with Gasteiger partial charge in [0.15, 0.2) is 0 Å². The summed E-state index contributed by atoms with van der Waals surface area (Å²) in [7, 11) is 0. The van der Waals surface area contributed by atoms with Gasteiger partial charge in [0.05, 0.1) is 12.1 Å². The molecule has 4 rings (SSSR count). The molecular weight excluding hydrogens is 422 g/mol. The molecule has 0 bridgehead atoms. The summed E-state index contributed by atoms with van der Waals surface area (Å²) in [5, 5.41) is 12.2. The number of rotatable bonds is 7. The van der Waals surface area contributed by atoms with Gasteiger partial charge >= 0.3 is 0 Å². The molecule has 162 valence electrons. The topological polar surface area (TPSA) is 68.5 Å². The van der Waals surface area contributed by atoms with Gasteiger partial charge in [0.2, 0.25) is 0 Å². The van der Waals surface area contributed by atoms with Crippen LogP contribution >= 0.6 is 0 Å². The molecule has 0 radical (unpaired) electrons. The Labute approximate surface area is 180 Å². The van der Waals surface area contributed by atoms with Gasteiger partial charge in [-0.2, -0.15) is 0 Å². The molecule has 1 aromatic heterocycles.